The van der Waals surface area contributed by atoms with Crippen molar-refractivity contribution >= 4 is 56.9 Å². The molecule has 1 fully saturated rings. The number of halogens is 2. The Morgan fingerprint density at radius 2 is 2.06 bits per heavy atom. The Morgan fingerprint density at radius 1 is 1.24 bits per heavy atom. The molecule has 0 aliphatic carbocycles. The number of aromatic amines is 1. The lowest BCUT2D eigenvalue weighted by molar-refractivity contribution is 0.0635. The summed E-state index contributed by atoms with van der Waals surface area (Å²) in [6.07, 6.45) is 3.08. The van der Waals surface area contributed by atoms with Crippen molar-refractivity contribution < 1.29 is 4.79 Å². The summed E-state index contributed by atoms with van der Waals surface area (Å²) in [5.41, 5.74) is 8.31. The summed E-state index contributed by atoms with van der Waals surface area (Å²) in [7, 11) is 0. The van der Waals surface area contributed by atoms with E-state index < -0.39 is 5.66 Å². The largest absolute Gasteiger partial charge is 0.360 e. The van der Waals surface area contributed by atoms with Crippen molar-refractivity contribution in [3.05, 3.63) is 58.1 Å². The first-order valence-electron chi connectivity index (χ1n) is 10.7. The van der Waals surface area contributed by atoms with Gasteiger partial charge in [-0.1, -0.05) is 23.2 Å². The summed E-state index contributed by atoms with van der Waals surface area (Å²) >= 11 is 12.6. The molecule has 8 nitrogen and oxygen atoms in total. The zero-order valence-corrected chi connectivity index (χ0v) is 19.7. The lowest BCUT2D eigenvalue weighted by atomic mass is 10.1. The van der Waals surface area contributed by atoms with Gasteiger partial charge in [-0.25, -0.2) is 15.0 Å². The molecule has 0 saturated carbocycles. The van der Waals surface area contributed by atoms with Crippen molar-refractivity contribution in [1.82, 2.24) is 24.8 Å². The lowest BCUT2D eigenvalue weighted by Crippen LogP contribution is -2.51. The summed E-state index contributed by atoms with van der Waals surface area (Å²) in [5, 5.41) is 5.05. The molecule has 1 saturated heterocycles. The summed E-state index contributed by atoms with van der Waals surface area (Å²) < 4.78 is 0. The number of hydrogen-bond donors (Lipinski definition) is 3. The van der Waals surface area contributed by atoms with E-state index in [2.05, 4.69) is 25.3 Å². The van der Waals surface area contributed by atoms with Gasteiger partial charge >= 0.3 is 0 Å². The number of fused-ring (bicyclic) bond motifs is 2. The van der Waals surface area contributed by atoms with Crippen LogP contribution in [0.25, 0.3) is 21.9 Å². The van der Waals surface area contributed by atoms with Crippen LogP contribution < -0.4 is 11.1 Å². The van der Waals surface area contributed by atoms with Crippen LogP contribution in [0.5, 0.6) is 0 Å². The number of anilines is 1. The SMILES string of the molecule is C[C@H](Nc1ncnc2cc(C(=O)N3CCC[C@]3(C)N)c(Cl)cc12)c1nc2ccc(Cl)cc2[nH]1. The van der Waals surface area contributed by atoms with E-state index in [1.807, 2.05) is 26.0 Å². The van der Waals surface area contributed by atoms with Gasteiger partial charge in [0.05, 0.1) is 38.8 Å². The highest BCUT2D eigenvalue weighted by Gasteiger charge is 2.37. The van der Waals surface area contributed by atoms with E-state index in [1.165, 1.54) is 6.33 Å². The predicted octanol–water partition coefficient (Wildman–Crippen LogP) is 4.90. The number of amides is 1. The van der Waals surface area contributed by atoms with Crippen LogP contribution in [-0.2, 0) is 0 Å². The van der Waals surface area contributed by atoms with E-state index in [9.17, 15) is 4.79 Å². The third-order valence-corrected chi connectivity index (χ3v) is 6.65. The molecule has 1 amide bonds. The molecular weight excluding hydrogens is 461 g/mol. The van der Waals surface area contributed by atoms with Crippen LogP contribution in [0, 0.1) is 0 Å². The van der Waals surface area contributed by atoms with Crippen LogP contribution in [-0.4, -0.2) is 43.0 Å². The Labute approximate surface area is 200 Å². The average molecular weight is 484 g/mol. The van der Waals surface area contributed by atoms with E-state index >= 15 is 0 Å². The fourth-order valence-corrected chi connectivity index (χ4v) is 4.72. The highest BCUT2D eigenvalue weighted by atomic mass is 35.5. The fraction of sp³-hybridized carbons (Fsp3) is 0.304. The number of benzene rings is 2. The average Bonchev–Trinajstić information content (AvgIpc) is 3.35. The number of carbonyl (C=O) groups excluding carboxylic acids is 1. The molecule has 2 aromatic heterocycles. The van der Waals surface area contributed by atoms with Gasteiger partial charge in [-0.3, -0.25) is 4.79 Å². The summed E-state index contributed by atoms with van der Waals surface area (Å²) in [6.45, 7) is 4.45. The monoisotopic (exact) mass is 483 g/mol. The number of likely N-dealkylation sites (tertiary alicyclic amines) is 1. The minimum absolute atomic E-state index is 0.183. The van der Waals surface area contributed by atoms with Crippen molar-refractivity contribution in [2.24, 2.45) is 5.73 Å². The van der Waals surface area contributed by atoms with E-state index in [4.69, 9.17) is 28.9 Å². The van der Waals surface area contributed by atoms with Gasteiger partial charge in [0.1, 0.15) is 18.0 Å². The Bertz CT molecular complexity index is 1380. The molecule has 0 spiro atoms. The molecule has 1 aliphatic rings. The van der Waals surface area contributed by atoms with Crippen LogP contribution in [0.15, 0.2) is 36.7 Å². The molecule has 3 heterocycles. The lowest BCUT2D eigenvalue weighted by Gasteiger charge is -2.31. The number of imidazole rings is 1. The number of aromatic nitrogens is 4. The molecular formula is C23H23Cl2N7O. The summed E-state index contributed by atoms with van der Waals surface area (Å²) in [4.78, 5) is 31.5. The molecule has 170 valence electrons. The van der Waals surface area contributed by atoms with Crippen LogP contribution in [0.2, 0.25) is 10.0 Å². The van der Waals surface area contributed by atoms with Crippen LogP contribution in [0.3, 0.4) is 0 Å². The number of carbonyl (C=O) groups is 1. The smallest absolute Gasteiger partial charge is 0.256 e. The maximum Gasteiger partial charge on any atom is 0.256 e. The molecule has 0 unspecified atom stereocenters. The van der Waals surface area contributed by atoms with Crippen molar-refractivity contribution in [2.45, 2.75) is 38.4 Å². The van der Waals surface area contributed by atoms with Crippen molar-refractivity contribution in [3.63, 3.8) is 0 Å². The highest BCUT2D eigenvalue weighted by molar-refractivity contribution is 6.35. The molecule has 0 radical (unpaired) electrons. The van der Waals surface area contributed by atoms with Gasteiger partial charge in [0.25, 0.3) is 5.91 Å². The standard InChI is InChI=1S/C23H23Cl2N7O/c1-12(20-30-17-5-4-13(24)8-19(17)31-20)29-21-15-9-16(25)14(10-18(15)27-11-28-21)22(33)32-7-3-6-23(32,2)26/h4-5,8-12H,3,6-7,26H2,1-2H3,(H,30,31)(H,27,28,29)/t12-,23+/m0/s1. The maximum absolute atomic E-state index is 13.2. The molecule has 0 bridgehead atoms. The fourth-order valence-electron chi connectivity index (χ4n) is 4.30. The first kappa shape index (κ1) is 21.9. The number of H-pyrrole nitrogens is 1. The molecule has 10 heteroatoms. The number of nitrogens with one attached hydrogen (secondary N) is 2. The minimum atomic E-state index is -0.681. The van der Waals surface area contributed by atoms with Gasteiger partial charge in [-0.2, -0.15) is 0 Å². The van der Waals surface area contributed by atoms with E-state index in [-0.39, 0.29) is 11.9 Å². The zero-order chi connectivity index (χ0) is 23.3. The van der Waals surface area contributed by atoms with Crippen molar-refractivity contribution in [3.8, 4) is 0 Å². The Hall–Kier alpha value is -2.94. The molecule has 2 aromatic carbocycles. The van der Waals surface area contributed by atoms with Gasteiger partial charge in [0, 0.05) is 17.0 Å². The molecule has 1 aliphatic heterocycles. The third-order valence-electron chi connectivity index (χ3n) is 6.11. The second-order valence-corrected chi connectivity index (χ2v) is 9.48. The highest BCUT2D eigenvalue weighted by Crippen LogP contribution is 2.32. The van der Waals surface area contributed by atoms with Crippen LogP contribution in [0.4, 0.5) is 5.82 Å². The van der Waals surface area contributed by atoms with Gasteiger partial charge in [0.15, 0.2) is 0 Å². The number of hydrogen-bond acceptors (Lipinski definition) is 6. The van der Waals surface area contributed by atoms with Gasteiger partial charge in [-0.15, -0.1) is 0 Å². The van der Waals surface area contributed by atoms with Gasteiger partial charge < -0.3 is 20.9 Å². The van der Waals surface area contributed by atoms with Crippen LogP contribution in [0.1, 0.15) is 48.9 Å². The number of nitrogens with two attached hydrogens (primary N) is 1. The van der Waals surface area contributed by atoms with E-state index in [0.29, 0.717) is 38.9 Å². The van der Waals surface area contributed by atoms with E-state index in [1.54, 1.807) is 23.1 Å². The maximum atomic E-state index is 13.2. The van der Waals surface area contributed by atoms with Crippen molar-refractivity contribution in [1.29, 1.82) is 0 Å². The number of rotatable bonds is 4. The first-order valence-corrected chi connectivity index (χ1v) is 11.5. The first-order chi connectivity index (χ1) is 15.7. The Kier molecular flexibility index (Phi) is 5.39. The molecule has 4 aromatic rings. The second kappa shape index (κ2) is 8.13. The summed E-state index contributed by atoms with van der Waals surface area (Å²) in [5.74, 6) is 1.15. The van der Waals surface area contributed by atoms with Crippen LogP contribution >= 0.6 is 23.2 Å². The predicted molar refractivity (Wildman–Crippen MR) is 131 cm³/mol. The molecule has 33 heavy (non-hydrogen) atoms. The third kappa shape index (κ3) is 3.99. The van der Waals surface area contributed by atoms with Crippen molar-refractivity contribution in [2.75, 3.05) is 11.9 Å². The molecule has 2 atom stereocenters. The molecule has 4 N–H and O–H groups in total. The van der Waals surface area contributed by atoms with E-state index in [0.717, 1.165) is 29.7 Å². The zero-order valence-electron chi connectivity index (χ0n) is 18.2. The quantitative estimate of drug-likeness (QED) is 0.380. The Morgan fingerprint density at radius 3 is 2.82 bits per heavy atom. The second-order valence-electron chi connectivity index (χ2n) is 8.64. The topological polar surface area (TPSA) is 113 Å². The van der Waals surface area contributed by atoms with Gasteiger partial charge in [0.2, 0.25) is 0 Å². The Balaban J connectivity index is 1.46. The normalized spacial score (nSPS) is 19.4. The van der Waals surface area contributed by atoms with Gasteiger partial charge in [-0.05, 0) is 57.0 Å². The molecule has 5 rings (SSSR count). The minimum Gasteiger partial charge on any atom is -0.360 e. The summed E-state index contributed by atoms with van der Waals surface area (Å²) in [6, 6.07) is 8.76. The number of nitrogens with zero attached hydrogens (tertiary/aromatic N) is 4.